The summed E-state index contributed by atoms with van der Waals surface area (Å²) in [4.78, 5) is 23.4. The minimum absolute atomic E-state index is 0.0155. The number of unbranched alkanes of at least 4 members (excludes halogenated alkanes) is 30. The lowest BCUT2D eigenvalue weighted by atomic mass is 10.1. The summed E-state index contributed by atoms with van der Waals surface area (Å²) >= 11 is 0. The van der Waals surface area contributed by atoms with Crippen LogP contribution in [-0.4, -0.2) is 269 Å². The van der Waals surface area contributed by atoms with Crippen LogP contribution in [0.2, 0.25) is 0 Å². The number of morpholine rings is 3. The molecular formula is C70H140N12O14P4. The van der Waals surface area contributed by atoms with Crippen molar-refractivity contribution in [3.05, 3.63) is 0 Å². The first-order valence-electron chi connectivity index (χ1n) is 39.7. The van der Waals surface area contributed by atoms with Crippen molar-refractivity contribution in [1.82, 2.24) is 43.4 Å². The predicted octanol–water partition coefficient (Wildman–Crippen LogP) is 14.4. The minimum Gasteiger partial charge on any atom is -0.396 e. The van der Waals surface area contributed by atoms with Gasteiger partial charge >= 0.3 is 30.8 Å². The number of nitrogens with zero attached hydrogens (tertiary/aromatic N) is 12. The molecule has 30 heteroatoms. The molecule has 6 saturated heterocycles. The predicted molar refractivity (Wildman–Crippen MR) is 403 cm³/mol. The molecule has 0 bridgehead atoms. The Bertz CT molecular complexity index is 2520. The highest BCUT2D eigenvalue weighted by Crippen LogP contribution is 2.58. The second-order valence-corrected chi connectivity index (χ2v) is 36.2. The Hall–Kier alpha value is -1.79. The summed E-state index contributed by atoms with van der Waals surface area (Å²) in [5.41, 5.74) is 0. The van der Waals surface area contributed by atoms with Crippen molar-refractivity contribution in [3.63, 3.8) is 0 Å². The van der Waals surface area contributed by atoms with Crippen LogP contribution >= 0.6 is 30.8 Å². The van der Waals surface area contributed by atoms with Gasteiger partial charge in [0.05, 0.1) is 64.6 Å². The van der Waals surface area contributed by atoms with Gasteiger partial charge in [0.15, 0.2) is 0 Å². The van der Waals surface area contributed by atoms with E-state index in [0.29, 0.717) is 56.9 Å². The molecule has 6 rings (SSSR count). The van der Waals surface area contributed by atoms with Gasteiger partial charge in [-0.3, -0.25) is 18.1 Å². The number of hydrogen-bond acceptors (Lipinski definition) is 13. The summed E-state index contributed by atoms with van der Waals surface area (Å²) in [5.74, 6) is 1.84. The van der Waals surface area contributed by atoms with Crippen LogP contribution in [0.15, 0.2) is 14.3 Å². The lowest BCUT2D eigenvalue weighted by molar-refractivity contribution is -0.0465. The van der Waals surface area contributed by atoms with Crippen LogP contribution in [0, 0.1) is 0 Å². The van der Waals surface area contributed by atoms with E-state index in [9.17, 15) is 9.46 Å². The van der Waals surface area contributed by atoms with Gasteiger partial charge in [0, 0.05) is 133 Å². The molecule has 584 valence electrons. The van der Waals surface area contributed by atoms with Crippen molar-refractivity contribution in [2.75, 3.05) is 179 Å². The summed E-state index contributed by atoms with van der Waals surface area (Å²) in [6.45, 7) is 14.5. The molecule has 0 amide bonds. The maximum atomic E-state index is 16.2. The Balaban J connectivity index is 1.19. The summed E-state index contributed by atoms with van der Waals surface area (Å²) in [7, 11) is -9.23. The lowest BCUT2D eigenvalue weighted by Crippen LogP contribution is -2.46. The van der Waals surface area contributed by atoms with Gasteiger partial charge < -0.3 is 58.1 Å². The number of phosphoric acid groups is 1. The molecule has 0 spiro atoms. The number of guanidine groups is 3. The Morgan fingerprint density at radius 3 is 1.00 bits per heavy atom. The first-order valence-corrected chi connectivity index (χ1v) is 45.8. The molecule has 6 aliphatic rings. The number of rotatable bonds is 56. The zero-order valence-corrected chi connectivity index (χ0v) is 67.1. The van der Waals surface area contributed by atoms with Crippen LogP contribution in [-0.2, 0) is 55.1 Å². The van der Waals surface area contributed by atoms with Gasteiger partial charge in [-0.25, -0.2) is 32.3 Å². The van der Waals surface area contributed by atoms with Crippen LogP contribution in [0.25, 0.3) is 0 Å². The molecule has 0 saturated carbocycles. The molecule has 26 nitrogen and oxygen atoms in total. The standard InChI is InChI=1S/C70H140N12O14P4/c1-8-11-14-17-20-23-26-29-32-37-42-77-48-45-74(4)68(77)71-97(84,89-7)80-51-56-90-65(59-80)62-94-98(85,72-69-75(5)46-49-78(69)43-38-33-30-27-24-21-18-15-12-9-2)81-52-57-91-66(60-81)63-95-99(86,73-70-76(6)47-50-79(70)44-39-34-31-28-25-22-19-16-13-10-3)82-53-58-92-67(61-82)64-96-100(87,88)93-55-41-36-35-40-54-83/h65-67,83H,8-64H2,1-7H3,(H,87,88)/b71-68+,72-69-,73-70?/t65-,66-,67-,97?,98?,99?/m1/s1. The fourth-order valence-electron chi connectivity index (χ4n) is 13.9. The van der Waals surface area contributed by atoms with Crippen molar-refractivity contribution >= 4 is 48.7 Å². The van der Waals surface area contributed by atoms with Gasteiger partial charge in [-0.1, -0.05) is 207 Å². The highest BCUT2D eigenvalue weighted by atomic mass is 31.2. The third-order valence-electron chi connectivity index (χ3n) is 20.2. The normalized spacial score (nSPS) is 23.8. The van der Waals surface area contributed by atoms with Gasteiger partial charge in [-0.2, -0.15) is 14.3 Å². The van der Waals surface area contributed by atoms with Crippen molar-refractivity contribution in [2.45, 2.75) is 257 Å². The van der Waals surface area contributed by atoms with Crippen LogP contribution in [0.1, 0.15) is 239 Å². The molecule has 0 aromatic rings. The lowest BCUT2D eigenvalue weighted by Gasteiger charge is -2.39. The first-order chi connectivity index (χ1) is 48.5. The van der Waals surface area contributed by atoms with Crippen LogP contribution in [0.5, 0.6) is 0 Å². The highest BCUT2D eigenvalue weighted by Gasteiger charge is 2.45. The van der Waals surface area contributed by atoms with E-state index in [1.54, 1.807) is 14.0 Å². The van der Waals surface area contributed by atoms with Gasteiger partial charge in [-0.05, 0) is 32.1 Å². The fraction of sp³-hybridized carbons (Fsp3) is 0.957. The number of aliphatic hydroxyl groups is 1. The van der Waals surface area contributed by atoms with Gasteiger partial charge in [0.25, 0.3) is 0 Å². The first kappa shape index (κ1) is 87.1. The monoisotopic (exact) mass is 1500 g/mol. The summed E-state index contributed by atoms with van der Waals surface area (Å²) in [6, 6.07) is 0. The van der Waals surface area contributed by atoms with E-state index in [4.69, 9.17) is 56.2 Å². The topological polar surface area (TPSA) is 249 Å². The van der Waals surface area contributed by atoms with E-state index in [2.05, 4.69) is 40.4 Å². The second kappa shape index (κ2) is 49.2. The number of hydrogen-bond donors (Lipinski definition) is 2. The number of likely N-dealkylation sites (N-methyl/N-ethyl adjacent to an activating group) is 3. The van der Waals surface area contributed by atoms with E-state index in [1.807, 2.05) is 30.9 Å². The van der Waals surface area contributed by atoms with Crippen molar-refractivity contribution in [2.24, 2.45) is 14.3 Å². The number of ether oxygens (including phenoxy) is 3. The quantitative estimate of drug-likeness (QED) is 0.0424. The average Bonchev–Trinajstić information content (AvgIpc) is 1.53. The van der Waals surface area contributed by atoms with Crippen LogP contribution in [0.3, 0.4) is 0 Å². The Morgan fingerprint density at radius 1 is 0.380 bits per heavy atom. The van der Waals surface area contributed by atoms with E-state index in [-0.39, 0.29) is 85.6 Å². The zero-order chi connectivity index (χ0) is 71.7. The molecule has 0 radical (unpaired) electrons. The van der Waals surface area contributed by atoms with Crippen molar-refractivity contribution in [3.8, 4) is 0 Å². The third kappa shape index (κ3) is 31.6. The zero-order valence-electron chi connectivity index (χ0n) is 63.5. The van der Waals surface area contributed by atoms with Gasteiger partial charge in [0.1, 0.15) is 0 Å². The molecule has 6 aliphatic heterocycles. The van der Waals surface area contributed by atoms with Crippen molar-refractivity contribution < 1.29 is 65.1 Å². The molecular weight excluding hydrogens is 1360 g/mol. The van der Waals surface area contributed by atoms with E-state index in [1.165, 1.54) is 155 Å². The summed E-state index contributed by atoms with van der Waals surface area (Å²) in [6.07, 6.45) is 37.3. The summed E-state index contributed by atoms with van der Waals surface area (Å²) < 4.78 is 130. The number of aliphatic hydroxyl groups excluding tert-OH is 1. The Morgan fingerprint density at radius 2 is 0.670 bits per heavy atom. The Kier molecular flexibility index (Phi) is 42.9. The highest BCUT2D eigenvalue weighted by molar-refractivity contribution is 7.56. The van der Waals surface area contributed by atoms with E-state index in [0.717, 1.165) is 97.1 Å². The molecule has 100 heavy (non-hydrogen) atoms. The molecule has 0 aromatic heterocycles. The van der Waals surface area contributed by atoms with E-state index >= 15 is 13.7 Å². The van der Waals surface area contributed by atoms with Crippen LogP contribution in [0.4, 0.5) is 0 Å². The SMILES string of the molecule is CCCCCCCCCCCCN1CCN(C)C1=NP(=O)(OC[C@H]1CN(P(=O)(/N=C2/N(C)CCN2CCCCCCCCCCCC)OC[C@H]2CN(P(=O)(/N=C3\N(C)CCN3CCCCCCCCCCCC)OC)CCO2)CCO1)N1CCO[C@@H](COP(=O)(O)OCCCCCCO)C1. The smallest absolute Gasteiger partial charge is 0.396 e. The molecule has 4 unspecified atom stereocenters. The largest absolute Gasteiger partial charge is 0.472 e. The average molecular weight is 1500 g/mol. The molecule has 6 fully saturated rings. The molecule has 7 atom stereocenters. The van der Waals surface area contributed by atoms with Gasteiger partial charge in [-0.15, -0.1) is 0 Å². The molecule has 0 aliphatic carbocycles. The number of phosphoric ester groups is 1. The van der Waals surface area contributed by atoms with E-state index < -0.39 is 49.1 Å². The third-order valence-corrected chi connectivity index (χ3v) is 27.2. The summed E-state index contributed by atoms with van der Waals surface area (Å²) in [5, 5.41) is 9.14. The maximum Gasteiger partial charge on any atom is 0.472 e. The Labute approximate surface area is 605 Å². The fourth-order valence-corrected chi connectivity index (χ4v) is 20.2. The second-order valence-electron chi connectivity index (χ2n) is 28.7. The van der Waals surface area contributed by atoms with Crippen molar-refractivity contribution in [1.29, 1.82) is 0 Å². The van der Waals surface area contributed by atoms with Gasteiger partial charge in [0.2, 0.25) is 17.9 Å². The maximum absolute atomic E-state index is 16.2. The minimum atomic E-state index is -4.46. The molecule has 2 N–H and O–H groups in total. The van der Waals surface area contributed by atoms with Crippen LogP contribution < -0.4 is 0 Å². The molecule has 6 heterocycles. The molecule has 0 aromatic carbocycles.